The van der Waals surface area contributed by atoms with Crippen LogP contribution < -0.4 is 16.2 Å². The van der Waals surface area contributed by atoms with Gasteiger partial charge in [0, 0.05) is 24.5 Å². The first-order chi connectivity index (χ1) is 18.4. The van der Waals surface area contributed by atoms with Gasteiger partial charge in [-0.2, -0.15) is 9.97 Å². The predicted octanol–water partition coefficient (Wildman–Crippen LogP) is 4.44. The van der Waals surface area contributed by atoms with Crippen molar-refractivity contribution in [2.45, 2.75) is 46.3 Å². The molecule has 5 rings (SSSR count). The Morgan fingerprint density at radius 1 is 1.11 bits per heavy atom. The fourth-order valence-electron chi connectivity index (χ4n) is 4.53. The molecule has 0 fully saturated rings. The molecule has 1 atom stereocenters. The van der Waals surface area contributed by atoms with Gasteiger partial charge < -0.3 is 20.3 Å². The Balaban J connectivity index is 1.53. The van der Waals surface area contributed by atoms with Crippen molar-refractivity contribution in [1.29, 1.82) is 0 Å². The summed E-state index contributed by atoms with van der Waals surface area (Å²) >= 11 is 0. The second-order valence-electron chi connectivity index (χ2n) is 9.21. The summed E-state index contributed by atoms with van der Waals surface area (Å²) < 4.78 is 9.13. The quantitative estimate of drug-likeness (QED) is 0.261. The lowest BCUT2D eigenvalue weighted by molar-refractivity contribution is 0.276. The number of anilines is 3. The Morgan fingerprint density at radius 3 is 2.55 bits per heavy atom. The number of nitrogens with zero attached hydrogens (tertiary/aromatic N) is 6. The molecule has 0 spiro atoms. The smallest absolute Gasteiger partial charge is 0.274 e. The summed E-state index contributed by atoms with van der Waals surface area (Å²) in [4.78, 5) is 26.4. The number of rotatable bonds is 9. The summed E-state index contributed by atoms with van der Waals surface area (Å²) in [5, 5.41) is 21.2. The van der Waals surface area contributed by atoms with Gasteiger partial charge in [0.1, 0.15) is 11.4 Å². The molecular formula is C27H30N8O3. The van der Waals surface area contributed by atoms with E-state index in [0.29, 0.717) is 35.1 Å². The van der Waals surface area contributed by atoms with Crippen LogP contribution in [-0.4, -0.2) is 41.2 Å². The highest BCUT2D eigenvalue weighted by molar-refractivity contribution is 5.83. The van der Waals surface area contributed by atoms with Crippen LogP contribution in [0.3, 0.4) is 0 Å². The third kappa shape index (κ3) is 4.75. The number of hydrogen-bond donors (Lipinski definition) is 3. The molecule has 0 aliphatic carbocycles. The van der Waals surface area contributed by atoms with Gasteiger partial charge in [-0.25, -0.2) is 9.67 Å². The Hall–Kier alpha value is -4.51. The van der Waals surface area contributed by atoms with Crippen molar-refractivity contribution in [2.75, 3.05) is 17.2 Å². The number of benzene rings is 2. The molecule has 0 aliphatic heterocycles. The van der Waals surface area contributed by atoms with E-state index in [1.54, 1.807) is 17.8 Å². The molecule has 2 aromatic carbocycles. The van der Waals surface area contributed by atoms with Crippen LogP contribution in [0, 0.1) is 6.92 Å². The van der Waals surface area contributed by atoms with Gasteiger partial charge in [0.05, 0.1) is 23.6 Å². The van der Waals surface area contributed by atoms with Crippen LogP contribution in [0.25, 0.3) is 22.4 Å². The van der Waals surface area contributed by atoms with E-state index in [0.717, 1.165) is 16.8 Å². The number of hydrogen-bond acceptors (Lipinski definition) is 9. The molecule has 0 unspecified atom stereocenters. The number of nitrogens with one attached hydrogen (secondary N) is 2. The highest BCUT2D eigenvalue weighted by Gasteiger charge is 2.20. The Morgan fingerprint density at radius 2 is 1.89 bits per heavy atom. The maximum Gasteiger partial charge on any atom is 0.274 e. The van der Waals surface area contributed by atoms with Crippen LogP contribution in [0.5, 0.6) is 0 Å². The molecule has 3 N–H and O–H groups in total. The zero-order valence-electron chi connectivity index (χ0n) is 21.7. The third-order valence-corrected chi connectivity index (χ3v) is 6.26. The summed E-state index contributed by atoms with van der Waals surface area (Å²) in [6, 6.07) is 14.9. The first-order valence-electron chi connectivity index (χ1n) is 12.5. The molecule has 11 heteroatoms. The summed E-state index contributed by atoms with van der Waals surface area (Å²) in [7, 11) is 0. The molecule has 0 amide bonds. The molecule has 3 aromatic heterocycles. The monoisotopic (exact) mass is 514 g/mol. The van der Waals surface area contributed by atoms with E-state index in [9.17, 15) is 9.90 Å². The first kappa shape index (κ1) is 25.2. The van der Waals surface area contributed by atoms with Crippen LogP contribution >= 0.6 is 0 Å². The molecule has 0 bridgehead atoms. The molecule has 0 saturated carbocycles. The topological polar surface area (TPSA) is 136 Å². The van der Waals surface area contributed by atoms with Crippen molar-refractivity contribution >= 4 is 28.4 Å². The SMILES string of the molecule is CCn1c(=O)c2ccc(Nc3ncc(-c4nc(C)no4)c(N[C@H](CO)c4ccccc4)n3)cc2n1C(C)C. The number of aromatic nitrogens is 6. The number of fused-ring (bicyclic) bond motifs is 1. The minimum Gasteiger partial charge on any atom is -0.394 e. The minimum absolute atomic E-state index is 0.0133. The number of aliphatic hydroxyl groups excluding tert-OH is 1. The van der Waals surface area contributed by atoms with E-state index >= 15 is 0 Å². The lowest BCUT2D eigenvalue weighted by Crippen LogP contribution is -2.23. The van der Waals surface area contributed by atoms with E-state index in [1.807, 2.05) is 60.1 Å². The minimum atomic E-state index is -0.424. The third-order valence-electron chi connectivity index (χ3n) is 6.26. The lowest BCUT2D eigenvalue weighted by atomic mass is 10.1. The zero-order chi connectivity index (χ0) is 26.8. The van der Waals surface area contributed by atoms with Crippen LogP contribution in [0.1, 0.15) is 44.2 Å². The predicted molar refractivity (Wildman–Crippen MR) is 145 cm³/mol. The normalized spacial score (nSPS) is 12.3. The Kier molecular flexibility index (Phi) is 6.93. The van der Waals surface area contributed by atoms with E-state index in [1.165, 1.54) is 0 Å². The van der Waals surface area contributed by atoms with Gasteiger partial charge in [0.15, 0.2) is 5.82 Å². The molecule has 5 aromatic rings. The van der Waals surface area contributed by atoms with Gasteiger partial charge >= 0.3 is 0 Å². The van der Waals surface area contributed by atoms with Crippen LogP contribution in [0.4, 0.5) is 17.5 Å². The highest BCUT2D eigenvalue weighted by atomic mass is 16.5. The zero-order valence-corrected chi connectivity index (χ0v) is 21.7. The molecule has 38 heavy (non-hydrogen) atoms. The fraction of sp³-hybridized carbons (Fsp3) is 0.296. The first-order valence-corrected chi connectivity index (χ1v) is 12.5. The van der Waals surface area contributed by atoms with Crippen molar-refractivity contribution in [3.8, 4) is 11.5 Å². The summed E-state index contributed by atoms with van der Waals surface area (Å²) in [5.74, 6) is 1.50. The second-order valence-corrected chi connectivity index (χ2v) is 9.21. The van der Waals surface area contributed by atoms with Crippen molar-refractivity contribution in [3.05, 3.63) is 76.5 Å². The molecule has 196 valence electrons. The van der Waals surface area contributed by atoms with Crippen LogP contribution in [0.15, 0.2) is 64.0 Å². The fourth-order valence-corrected chi connectivity index (χ4v) is 4.53. The summed E-state index contributed by atoms with van der Waals surface area (Å²) in [6.45, 7) is 8.22. The number of aliphatic hydroxyl groups is 1. The standard InChI is InChI=1S/C27H30N8O3/c1-5-34-26(37)20-12-11-19(13-23(20)35(34)16(2)3)30-27-28-14-21(25-29-17(4)33-38-25)24(32-27)31-22(15-36)18-9-7-6-8-10-18/h6-14,16,22,36H,5,15H2,1-4H3,(H2,28,30,31,32)/t22-/m1/s1. The summed E-state index contributed by atoms with van der Waals surface area (Å²) in [6.07, 6.45) is 1.60. The van der Waals surface area contributed by atoms with Gasteiger partial charge in [0.2, 0.25) is 5.95 Å². The van der Waals surface area contributed by atoms with Crippen LogP contribution in [-0.2, 0) is 6.54 Å². The average Bonchev–Trinajstić information content (AvgIpc) is 3.48. The maximum atomic E-state index is 12.9. The van der Waals surface area contributed by atoms with Gasteiger partial charge in [-0.1, -0.05) is 35.5 Å². The van der Waals surface area contributed by atoms with Gasteiger partial charge in [-0.05, 0) is 51.5 Å². The number of aryl methyl sites for hydroxylation is 1. The van der Waals surface area contributed by atoms with E-state index in [2.05, 4.69) is 39.6 Å². The van der Waals surface area contributed by atoms with Crippen molar-refractivity contribution in [3.63, 3.8) is 0 Å². The van der Waals surface area contributed by atoms with Crippen molar-refractivity contribution in [1.82, 2.24) is 29.5 Å². The Labute approximate surface area is 219 Å². The summed E-state index contributed by atoms with van der Waals surface area (Å²) in [5.41, 5.74) is 2.95. The Bertz CT molecular complexity index is 1620. The maximum absolute atomic E-state index is 12.9. The average molecular weight is 515 g/mol. The molecule has 0 radical (unpaired) electrons. The molecule has 0 saturated heterocycles. The molecular weight excluding hydrogens is 484 g/mol. The van der Waals surface area contributed by atoms with E-state index < -0.39 is 6.04 Å². The van der Waals surface area contributed by atoms with E-state index in [4.69, 9.17) is 9.51 Å². The van der Waals surface area contributed by atoms with Gasteiger partial charge in [0.25, 0.3) is 11.4 Å². The largest absolute Gasteiger partial charge is 0.394 e. The second kappa shape index (κ2) is 10.5. The van der Waals surface area contributed by atoms with Gasteiger partial charge in [-0.15, -0.1) is 0 Å². The van der Waals surface area contributed by atoms with Gasteiger partial charge in [-0.3, -0.25) is 9.48 Å². The van der Waals surface area contributed by atoms with Crippen LogP contribution in [0.2, 0.25) is 0 Å². The molecule has 11 nitrogen and oxygen atoms in total. The van der Waals surface area contributed by atoms with E-state index in [-0.39, 0.29) is 24.1 Å². The molecule has 3 heterocycles. The van der Waals surface area contributed by atoms with Crippen molar-refractivity contribution in [2.24, 2.45) is 0 Å². The highest BCUT2D eigenvalue weighted by Crippen LogP contribution is 2.30. The van der Waals surface area contributed by atoms with Crippen molar-refractivity contribution < 1.29 is 9.63 Å². The molecule has 0 aliphatic rings. The lowest BCUT2D eigenvalue weighted by Gasteiger charge is -2.19.